The molecule has 3 nitrogen and oxygen atoms in total. The highest BCUT2D eigenvalue weighted by Gasteiger charge is 2.30. The lowest BCUT2D eigenvalue weighted by atomic mass is 10.1. The lowest BCUT2D eigenvalue weighted by Gasteiger charge is -2.21. The average Bonchev–Trinajstić information content (AvgIpc) is 3.05. The highest BCUT2D eigenvalue weighted by molar-refractivity contribution is 9.10. The molecule has 0 aliphatic carbocycles. The maximum Gasteiger partial charge on any atom is 0.262 e. The SMILES string of the molecule is COc1ccc(C=C2C=C(c3ccccc3)N(c3cccc(Br)c3)C2=O)cc1Br. The van der Waals surface area contributed by atoms with Gasteiger partial charge in [-0.3, -0.25) is 9.69 Å². The molecule has 1 heterocycles. The van der Waals surface area contributed by atoms with Crippen LogP contribution in [0, 0.1) is 0 Å². The summed E-state index contributed by atoms with van der Waals surface area (Å²) >= 11 is 7.01. The van der Waals surface area contributed by atoms with Gasteiger partial charge in [0, 0.05) is 10.0 Å². The Morgan fingerprint density at radius 3 is 2.41 bits per heavy atom. The number of carbonyl (C=O) groups is 1. The standard InChI is InChI=1S/C24H17Br2NO2/c1-29-23-11-10-16(13-21(23)26)12-18-14-22(17-6-3-2-4-7-17)27(24(18)28)20-9-5-8-19(25)15-20/h2-15H,1H3. The van der Waals surface area contributed by atoms with Crippen LogP contribution in [0.2, 0.25) is 0 Å². The minimum Gasteiger partial charge on any atom is -0.496 e. The summed E-state index contributed by atoms with van der Waals surface area (Å²) in [4.78, 5) is 15.1. The molecule has 1 amide bonds. The molecule has 0 spiro atoms. The van der Waals surface area contributed by atoms with Crippen LogP contribution < -0.4 is 9.64 Å². The molecule has 1 aliphatic rings. The molecule has 0 radical (unpaired) electrons. The van der Waals surface area contributed by atoms with Crippen molar-refractivity contribution in [2.24, 2.45) is 0 Å². The van der Waals surface area contributed by atoms with Crippen LogP contribution in [0.25, 0.3) is 11.8 Å². The molecular weight excluding hydrogens is 494 g/mol. The number of benzene rings is 3. The van der Waals surface area contributed by atoms with E-state index < -0.39 is 0 Å². The second-order valence-electron chi connectivity index (χ2n) is 6.51. The summed E-state index contributed by atoms with van der Waals surface area (Å²) in [7, 11) is 1.63. The first-order chi connectivity index (χ1) is 14.1. The van der Waals surface area contributed by atoms with Crippen LogP contribution in [0.3, 0.4) is 0 Å². The lowest BCUT2D eigenvalue weighted by molar-refractivity contribution is -0.113. The molecule has 5 heteroatoms. The largest absolute Gasteiger partial charge is 0.496 e. The third kappa shape index (κ3) is 4.07. The number of methoxy groups -OCH3 is 1. The van der Waals surface area contributed by atoms with Crippen LogP contribution in [-0.4, -0.2) is 13.0 Å². The molecule has 0 saturated heterocycles. The number of rotatable bonds is 4. The van der Waals surface area contributed by atoms with E-state index in [1.807, 2.05) is 84.9 Å². The van der Waals surface area contributed by atoms with Gasteiger partial charge in [0.25, 0.3) is 5.91 Å². The topological polar surface area (TPSA) is 29.5 Å². The minimum absolute atomic E-state index is 0.0612. The van der Waals surface area contributed by atoms with E-state index in [-0.39, 0.29) is 5.91 Å². The molecule has 0 unspecified atom stereocenters. The van der Waals surface area contributed by atoms with Gasteiger partial charge in [-0.25, -0.2) is 0 Å². The third-order valence-electron chi connectivity index (χ3n) is 4.62. The zero-order valence-corrected chi connectivity index (χ0v) is 18.8. The molecule has 0 bridgehead atoms. The van der Waals surface area contributed by atoms with E-state index in [1.165, 1.54) is 0 Å². The van der Waals surface area contributed by atoms with E-state index in [1.54, 1.807) is 12.0 Å². The van der Waals surface area contributed by atoms with Crippen LogP contribution in [0.1, 0.15) is 11.1 Å². The third-order valence-corrected chi connectivity index (χ3v) is 5.73. The Morgan fingerprint density at radius 2 is 1.72 bits per heavy atom. The fourth-order valence-corrected chi connectivity index (χ4v) is 4.21. The second kappa shape index (κ2) is 8.39. The number of ether oxygens (including phenoxy) is 1. The highest BCUT2D eigenvalue weighted by Crippen LogP contribution is 2.36. The average molecular weight is 511 g/mol. The van der Waals surface area contributed by atoms with Gasteiger partial charge in [0.1, 0.15) is 5.75 Å². The first kappa shape index (κ1) is 19.7. The van der Waals surface area contributed by atoms with E-state index in [4.69, 9.17) is 4.74 Å². The van der Waals surface area contributed by atoms with E-state index >= 15 is 0 Å². The fraction of sp³-hybridized carbons (Fsp3) is 0.0417. The van der Waals surface area contributed by atoms with Crippen LogP contribution in [0.15, 0.2) is 93.4 Å². The van der Waals surface area contributed by atoms with Crippen molar-refractivity contribution >= 4 is 55.2 Å². The van der Waals surface area contributed by atoms with Gasteiger partial charge in [0.05, 0.1) is 23.0 Å². The summed E-state index contributed by atoms with van der Waals surface area (Å²) in [5.74, 6) is 0.690. The molecule has 0 aromatic heterocycles. The quantitative estimate of drug-likeness (QED) is 0.366. The van der Waals surface area contributed by atoms with E-state index in [0.717, 1.165) is 37.2 Å². The predicted molar refractivity (Wildman–Crippen MR) is 125 cm³/mol. The van der Waals surface area contributed by atoms with Gasteiger partial charge >= 0.3 is 0 Å². The molecule has 0 atom stereocenters. The van der Waals surface area contributed by atoms with Crippen molar-refractivity contribution in [3.05, 3.63) is 105 Å². The zero-order valence-electron chi connectivity index (χ0n) is 15.6. The van der Waals surface area contributed by atoms with Crippen molar-refractivity contribution in [3.8, 4) is 5.75 Å². The molecule has 29 heavy (non-hydrogen) atoms. The van der Waals surface area contributed by atoms with Gasteiger partial charge in [-0.05, 0) is 69.5 Å². The molecule has 4 rings (SSSR count). The van der Waals surface area contributed by atoms with Gasteiger partial charge in [-0.15, -0.1) is 0 Å². The number of nitrogens with zero attached hydrogens (tertiary/aromatic N) is 1. The summed E-state index contributed by atoms with van der Waals surface area (Å²) in [6, 6.07) is 23.4. The normalized spacial score (nSPS) is 15.0. The Kier molecular flexibility index (Phi) is 5.69. The Labute approximate surface area is 186 Å². The number of hydrogen-bond acceptors (Lipinski definition) is 2. The summed E-state index contributed by atoms with van der Waals surface area (Å²) in [5.41, 5.74) is 4.20. The molecule has 1 aliphatic heterocycles. The Morgan fingerprint density at radius 1 is 0.931 bits per heavy atom. The molecule has 0 N–H and O–H groups in total. The maximum atomic E-state index is 13.4. The number of amides is 1. The monoisotopic (exact) mass is 509 g/mol. The van der Waals surface area contributed by atoms with Crippen LogP contribution >= 0.6 is 31.9 Å². The van der Waals surface area contributed by atoms with Crippen LogP contribution in [0.5, 0.6) is 5.75 Å². The van der Waals surface area contributed by atoms with E-state index in [9.17, 15) is 4.79 Å². The molecule has 3 aromatic carbocycles. The smallest absolute Gasteiger partial charge is 0.262 e. The summed E-state index contributed by atoms with van der Waals surface area (Å²) in [6.07, 6.45) is 3.84. The van der Waals surface area contributed by atoms with Crippen LogP contribution in [0.4, 0.5) is 5.69 Å². The first-order valence-corrected chi connectivity index (χ1v) is 10.6. The predicted octanol–water partition coefficient (Wildman–Crippen LogP) is 6.69. The van der Waals surface area contributed by atoms with Gasteiger partial charge in [-0.1, -0.05) is 58.4 Å². The fourth-order valence-electron chi connectivity index (χ4n) is 3.26. The molecule has 0 fully saturated rings. The molecule has 3 aromatic rings. The van der Waals surface area contributed by atoms with Gasteiger partial charge in [-0.2, -0.15) is 0 Å². The lowest BCUT2D eigenvalue weighted by Crippen LogP contribution is -2.24. The van der Waals surface area contributed by atoms with E-state index in [2.05, 4.69) is 31.9 Å². The van der Waals surface area contributed by atoms with Gasteiger partial charge < -0.3 is 4.74 Å². The first-order valence-electron chi connectivity index (χ1n) is 8.99. The Bertz CT molecular complexity index is 1140. The van der Waals surface area contributed by atoms with E-state index in [0.29, 0.717) is 5.57 Å². The van der Waals surface area contributed by atoms with Gasteiger partial charge in [0.2, 0.25) is 0 Å². The molecule has 0 saturated carbocycles. The van der Waals surface area contributed by atoms with Gasteiger partial charge in [0.15, 0.2) is 0 Å². The van der Waals surface area contributed by atoms with Crippen molar-refractivity contribution in [2.75, 3.05) is 12.0 Å². The Hall–Kier alpha value is -2.63. The zero-order chi connectivity index (χ0) is 20.4. The van der Waals surface area contributed by atoms with Crippen LogP contribution in [-0.2, 0) is 4.79 Å². The molecule has 144 valence electrons. The summed E-state index contributed by atoms with van der Waals surface area (Å²) in [6.45, 7) is 0. The Balaban J connectivity index is 1.81. The number of halogens is 2. The van der Waals surface area contributed by atoms with Crippen molar-refractivity contribution in [1.82, 2.24) is 0 Å². The highest BCUT2D eigenvalue weighted by atomic mass is 79.9. The van der Waals surface area contributed by atoms with Crippen molar-refractivity contribution in [3.63, 3.8) is 0 Å². The molecular formula is C24H17Br2NO2. The summed E-state index contributed by atoms with van der Waals surface area (Å²) in [5, 5.41) is 0. The maximum absolute atomic E-state index is 13.4. The van der Waals surface area contributed by atoms with Crippen molar-refractivity contribution < 1.29 is 9.53 Å². The minimum atomic E-state index is -0.0612. The van der Waals surface area contributed by atoms with Crippen molar-refractivity contribution in [2.45, 2.75) is 0 Å². The number of hydrogen-bond donors (Lipinski definition) is 0. The number of carbonyl (C=O) groups excluding carboxylic acids is 1. The second-order valence-corrected chi connectivity index (χ2v) is 8.28. The van der Waals surface area contributed by atoms with Crippen molar-refractivity contribution in [1.29, 1.82) is 0 Å². The summed E-state index contributed by atoms with van der Waals surface area (Å²) < 4.78 is 7.06. The number of anilines is 1.